The molecule has 2 aromatic carbocycles. The molecule has 2 aromatic rings. The second kappa shape index (κ2) is 8.39. The number of hydrogen-bond acceptors (Lipinski definition) is 4. The van der Waals surface area contributed by atoms with E-state index < -0.39 is 21.7 Å². The van der Waals surface area contributed by atoms with Gasteiger partial charge in [-0.1, -0.05) is 17.7 Å². The Bertz CT molecular complexity index is 874. The van der Waals surface area contributed by atoms with Crippen molar-refractivity contribution in [1.29, 1.82) is 0 Å². The average molecular weight is 387 g/mol. The highest BCUT2D eigenvalue weighted by Crippen LogP contribution is 2.20. The molecular weight excluding hydrogens is 371 g/mol. The van der Waals surface area contributed by atoms with Gasteiger partial charge in [0.05, 0.1) is 16.5 Å². The Morgan fingerprint density at radius 2 is 2.00 bits per heavy atom. The van der Waals surface area contributed by atoms with Crippen molar-refractivity contribution < 1.29 is 22.3 Å². The zero-order valence-corrected chi connectivity index (χ0v) is 14.8. The van der Waals surface area contributed by atoms with Crippen molar-refractivity contribution in [1.82, 2.24) is 4.72 Å². The van der Waals surface area contributed by atoms with Gasteiger partial charge in [0.1, 0.15) is 5.82 Å². The number of anilines is 1. The van der Waals surface area contributed by atoms with E-state index in [-0.39, 0.29) is 28.6 Å². The van der Waals surface area contributed by atoms with Crippen LogP contribution in [0.1, 0.15) is 10.4 Å². The van der Waals surface area contributed by atoms with E-state index in [0.717, 1.165) is 6.07 Å². The number of halogens is 2. The summed E-state index contributed by atoms with van der Waals surface area (Å²) in [6.07, 6.45) is 0. The van der Waals surface area contributed by atoms with E-state index in [1.54, 1.807) is 0 Å². The Kier molecular flexibility index (Phi) is 6.49. The van der Waals surface area contributed by atoms with Gasteiger partial charge in [-0.3, -0.25) is 4.79 Å². The summed E-state index contributed by atoms with van der Waals surface area (Å²) in [5, 5.41) is 2.40. The van der Waals surface area contributed by atoms with E-state index in [4.69, 9.17) is 16.3 Å². The molecule has 0 heterocycles. The Hall–Kier alpha value is -2.00. The van der Waals surface area contributed by atoms with Gasteiger partial charge in [-0.2, -0.15) is 0 Å². The molecule has 0 aromatic heterocycles. The summed E-state index contributed by atoms with van der Waals surface area (Å²) >= 11 is 5.66. The Balaban J connectivity index is 2.17. The minimum absolute atomic E-state index is 0.0478. The van der Waals surface area contributed by atoms with Crippen LogP contribution >= 0.6 is 11.6 Å². The van der Waals surface area contributed by atoms with Gasteiger partial charge < -0.3 is 10.1 Å². The van der Waals surface area contributed by atoms with Crippen molar-refractivity contribution in [3.05, 3.63) is 58.9 Å². The van der Waals surface area contributed by atoms with Crippen molar-refractivity contribution in [2.24, 2.45) is 0 Å². The summed E-state index contributed by atoms with van der Waals surface area (Å²) < 4.78 is 44.6. The van der Waals surface area contributed by atoms with E-state index in [1.165, 1.54) is 43.5 Å². The second-order valence-corrected chi connectivity index (χ2v) is 7.18. The maximum absolute atomic E-state index is 13.1. The standard InChI is InChI=1S/C16H16ClFN2O4S/c1-24-8-7-19-25(22,23)13-4-2-3-11(9-13)16(21)20-12-5-6-15(18)14(17)10-12/h2-6,9-10,19H,7-8H2,1H3,(H,20,21). The van der Waals surface area contributed by atoms with Gasteiger partial charge in [0.15, 0.2) is 0 Å². The minimum Gasteiger partial charge on any atom is -0.383 e. The molecule has 0 spiro atoms. The molecule has 134 valence electrons. The number of ether oxygens (including phenoxy) is 1. The molecule has 25 heavy (non-hydrogen) atoms. The summed E-state index contributed by atoms with van der Waals surface area (Å²) in [4.78, 5) is 12.2. The van der Waals surface area contributed by atoms with E-state index >= 15 is 0 Å². The number of amides is 1. The highest BCUT2D eigenvalue weighted by molar-refractivity contribution is 7.89. The van der Waals surface area contributed by atoms with E-state index in [9.17, 15) is 17.6 Å². The fraction of sp³-hybridized carbons (Fsp3) is 0.188. The Labute approximate surface area is 150 Å². The van der Waals surface area contributed by atoms with E-state index in [1.807, 2.05) is 0 Å². The maximum atomic E-state index is 13.1. The summed E-state index contributed by atoms with van der Waals surface area (Å²) in [5.74, 6) is -1.15. The van der Waals surface area contributed by atoms with Gasteiger partial charge in [0.25, 0.3) is 5.91 Å². The number of methoxy groups -OCH3 is 1. The average Bonchev–Trinajstić information content (AvgIpc) is 2.58. The summed E-state index contributed by atoms with van der Waals surface area (Å²) in [6.45, 7) is 0.341. The molecule has 2 N–H and O–H groups in total. The largest absolute Gasteiger partial charge is 0.383 e. The Morgan fingerprint density at radius 3 is 2.68 bits per heavy atom. The van der Waals surface area contributed by atoms with E-state index in [2.05, 4.69) is 10.0 Å². The van der Waals surface area contributed by atoms with Crippen LogP contribution in [0.15, 0.2) is 47.4 Å². The smallest absolute Gasteiger partial charge is 0.255 e. The van der Waals surface area contributed by atoms with Gasteiger partial charge in [-0.25, -0.2) is 17.5 Å². The van der Waals surface area contributed by atoms with Crippen molar-refractivity contribution in [3.63, 3.8) is 0 Å². The lowest BCUT2D eigenvalue weighted by molar-refractivity contribution is 0.102. The molecule has 6 nitrogen and oxygen atoms in total. The highest BCUT2D eigenvalue weighted by Gasteiger charge is 2.16. The first-order valence-corrected chi connectivity index (χ1v) is 9.04. The van der Waals surface area contributed by atoms with Crippen LogP contribution in [0.2, 0.25) is 5.02 Å². The number of sulfonamides is 1. The van der Waals surface area contributed by atoms with Gasteiger partial charge >= 0.3 is 0 Å². The van der Waals surface area contributed by atoms with Gasteiger partial charge in [0.2, 0.25) is 10.0 Å². The third kappa shape index (κ3) is 5.23. The maximum Gasteiger partial charge on any atom is 0.255 e. The first-order chi connectivity index (χ1) is 11.8. The summed E-state index contributed by atoms with van der Waals surface area (Å²) in [5.41, 5.74) is 0.429. The van der Waals surface area contributed by atoms with Crippen molar-refractivity contribution >= 4 is 33.2 Å². The monoisotopic (exact) mass is 386 g/mol. The predicted molar refractivity (Wildman–Crippen MR) is 92.9 cm³/mol. The zero-order chi connectivity index (χ0) is 18.4. The quantitative estimate of drug-likeness (QED) is 0.716. The van der Waals surface area contributed by atoms with Crippen LogP contribution in [-0.4, -0.2) is 34.6 Å². The summed E-state index contributed by atoms with van der Waals surface area (Å²) in [7, 11) is -2.30. The fourth-order valence-electron chi connectivity index (χ4n) is 1.94. The third-order valence-corrected chi connectivity index (χ3v) is 4.93. The highest BCUT2D eigenvalue weighted by atomic mass is 35.5. The van der Waals surface area contributed by atoms with Gasteiger partial charge in [0, 0.05) is 24.9 Å². The first-order valence-electron chi connectivity index (χ1n) is 7.18. The van der Waals surface area contributed by atoms with Crippen LogP contribution in [0.3, 0.4) is 0 Å². The normalized spacial score (nSPS) is 11.3. The lowest BCUT2D eigenvalue weighted by Gasteiger charge is -2.09. The number of carbonyl (C=O) groups is 1. The molecule has 0 radical (unpaired) electrons. The van der Waals surface area contributed by atoms with Crippen LogP contribution in [0, 0.1) is 5.82 Å². The molecule has 0 unspecified atom stereocenters. The van der Waals surface area contributed by atoms with Crippen LogP contribution in [0.25, 0.3) is 0 Å². The lowest BCUT2D eigenvalue weighted by atomic mass is 10.2. The van der Waals surface area contributed by atoms with E-state index in [0.29, 0.717) is 5.69 Å². The second-order valence-electron chi connectivity index (χ2n) is 5.00. The van der Waals surface area contributed by atoms with Crippen molar-refractivity contribution in [2.45, 2.75) is 4.90 Å². The molecular formula is C16H16ClFN2O4S. The lowest BCUT2D eigenvalue weighted by Crippen LogP contribution is -2.27. The van der Waals surface area contributed by atoms with Crippen LogP contribution in [-0.2, 0) is 14.8 Å². The molecule has 2 rings (SSSR count). The number of carbonyl (C=O) groups excluding carboxylic acids is 1. The molecule has 0 saturated heterocycles. The SMILES string of the molecule is COCCNS(=O)(=O)c1cccc(C(=O)Nc2ccc(F)c(Cl)c2)c1. The minimum atomic E-state index is -3.75. The fourth-order valence-corrected chi connectivity index (χ4v) is 3.18. The van der Waals surface area contributed by atoms with Gasteiger partial charge in [-0.15, -0.1) is 0 Å². The molecule has 0 atom stereocenters. The Morgan fingerprint density at radius 1 is 1.24 bits per heavy atom. The molecule has 0 aliphatic rings. The van der Waals surface area contributed by atoms with Crippen molar-refractivity contribution in [3.8, 4) is 0 Å². The summed E-state index contributed by atoms with van der Waals surface area (Å²) in [6, 6.07) is 9.29. The van der Waals surface area contributed by atoms with Crippen LogP contribution in [0.5, 0.6) is 0 Å². The molecule has 0 aliphatic heterocycles. The molecule has 1 amide bonds. The predicted octanol–water partition coefficient (Wildman–Crippen LogP) is 2.66. The molecule has 9 heteroatoms. The van der Waals surface area contributed by atoms with Gasteiger partial charge in [-0.05, 0) is 36.4 Å². The molecule has 0 bridgehead atoms. The number of benzene rings is 2. The third-order valence-electron chi connectivity index (χ3n) is 3.18. The van der Waals surface area contributed by atoms with Crippen LogP contribution in [0.4, 0.5) is 10.1 Å². The van der Waals surface area contributed by atoms with Crippen molar-refractivity contribution in [2.75, 3.05) is 25.6 Å². The topological polar surface area (TPSA) is 84.5 Å². The number of hydrogen-bond donors (Lipinski definition) is 2. The molecule has 0 fully saturated rings. The number of rotatable bonds is 7. The molecule has 0 aliphatic carbocycles. The number of nitrogens with one attached hydrogen (secondary N) is 2. The molecule has 0 saturated carbocycles. The zero-order valence-electron chi connectivity index (χ0n) is 13.3. The first kappa shape index (κ1) is 19.3. The van der Waals surface area contributed by atoms with Crippen LogP contribution < -0.4 is 10.0 Å².